The lowest BCUT2D eigenvalue weighted by Crippen LogP contribution is -2.14. The molecule has 0 aliphatic heterocycles. The van der Waals surface area contributed by atoms with Gasteiger partial charge in [0.05, 0.1) is 0 Å². The zero-order valence-corrected chi connectivity index (χ0v) is 9.71. The summed E-state index contributed by atoms with van der Waals surface area (Å²) in [4.78, 5) is 0. The van der Waals surface area contributed by atoms with E-state index in [4.69, 9.17) is 0 Å². The highest BCUT2D eigenvalue weighted by molar-refractivity contribution is 7.99. The van der Waals surface area contributed by atoms with Crippen LogP contribution in [0.3, 0.4) is 0 Å². The molecule has 0 amide bonds. The van der Waals surface area contributed by atoms with Crippen LogP contribution in [0.1, 0.15) is 47.0 Å². The summed E-state index contributed by atoms with van der Waals surface area (Å²) in [6.45, 7) is 9.41. The maximum atomic E-state index is 2.41. The minimum atomic E-state index is 0.507. The molecular weight excluding hydrogens is 164 g/mol. The molecule has 1 aliphatic rings. The number of hydrogen-bond donors (Lipinski definition) is 0. The van der Waals surface area contributed by atoms with Gasteiger partial charge in [-0.05, 0) is 29.9 Å². The van der Waals surface area contributed by atoms with Crippen molar-refractivity contribution < 1.29 is 0 Å². The van der Waals surface area contributed by atoms with E-state index in [0.717, 1.165) is 11.2 Å². The molecule has 1 heteroatoms. The Morgan fingerprint density at radius 2 is 1.92 bits per heavy atom. The Morgan fingerprint density at radius 1 is 1.25 bits per heavy atom. The fourth-order valence-corrected chi connectivity index (χ4v) is 3.23. The van der Waals surface area contributed by atoms with Crippen molar-refractivity contribution >= 4 is 11.8 Å². The zero-order valence-electron chi connectivity index (χ0n) is 8.89. The molecule has 12 heavy (non-hydrogen) atoms. The van der Waals surface area contributed by atoms with E-state index in [1.807, 2.05) is 0 Å². The molecule has 1 saturated carbocycles. The first kappa shape index (κ1) is 10.4. The average molecular weight is 186 g/mol. The van der Waals surface area contributed by atoms with Crippen molar-refractivity contribution in [2.75, 3.05) is 5.75 Å². The first-order valence-electron chi connectivity index (χ1n) is 5.11. The highest BCUT2D eigenvalue weighted by Gasteiger charge is 2.25. The van der Waals surface area contributed by atoms with Crippen LogP contribution in [0.15, 0.2) is 0 Å². The molecule has 72 valence electrons. The predicted octanol–water partition coefficient (Wildman–Crippen LogP) is 3.95. The standard InChI is InChI=1S/C11H22S/c1-9-6-5-7-10(9)12-8-11(2,3)4/h9-10H,5-8H2,1-4H3. The van der Waals surface area contributed by atoms with Gasteiger partial charge in [-0.25, -0.2) is 0 Å². The van der Waals surface area contributed by atoms with Crippen molar-refractivity contribution in [3.05, 3.63) is 0 Å². The molecule has 0 radical (unpaired) electrons. The first-order chi connectivity index (χ1) is 5.49. The third kappa shape index (κ3) is 3.38. The van der Waals surface area contributed by atoms with Crippen molar-refractivity contribution in [1.82, 2.24) is 0 Å². The topological polar surface area (TPSA) is 0 Å². The number of hydrogen-bond acceptors (Lipinski definition) is 1. The Morgan fingerprint density at radius 3 is 2.33 bits per heavy atom. The van der Waals surface area contributed by atoms with Crippen LogP contribution in [0.2, 0.25) is 0 Å². The molecule has 0 aromatic heterocycles. The van der Waals surface area contributed by atoms with Gasteiger partial charge >= 0.3 is 0 Å². The van der Waals surface area contributed by atoms with Crippen LogP contribution in [-0.4, -0.2) is 11.0 Å². The lowest BCUT2D eigenvalue weighted by Gasteiger charge is -2.22. The second-order valence-electron chi connectivity index (χ2n) is 5.32. The quantitative estimate of drug-likeness (QED) is 0.629. The van der Waals surface area contributed by atoms with Crippen LogP contribution < -0.4 is 0 Å². The first-order valence-corrected chi connectivity index (χ1v) is 6.15. The molecule has 2 atom stereocenters. The maximum absolute atomic E-state index is 2.41. The molecule has 0 bridgehead atoms. The largest absolute Gasteiger partial charge is 0.158 e. The van der Waals surface area contributed by atoms with Gasteiger partial charge in [-0.1, -0.05) is 34.1 Å². The van der Waals surface area contributed by atoms with Gasteiger partial charge in [0.25, 0.3) is 0 Å². The van der Waals surface area contributed by atoms with E-state index >= 15 is 0 Å². The average Bonchev–Trinajstić information content (AvgIpc) is 2.29. The molecule has 2 unspecified atom stereocenters. The van der Waals surface area contributed by atoms with Gasteiger partial charge < -0.3 is 0 Å². The van der Waals surface area contributed by atoms with E-state index in [1.54, 1.807) is 0 Å². The summed E-state index contributed by atoms with van der Waals surface area (Å²) in [5.41, 5.74) is 0.507. The van der Waals surface area contributed by atoms with Gasteiger partial charge in [-0.3, -0.25) is 0 Å². The van der Waals surface area contributed by atoms with Crippen molar-refractivity contribution in [3.63, 3.8) is 0 Å². The third-order valence-electron chi connectivity index (χ3n) is 2.51. The Hall–Kier alpha value is 0.350. The van der Waals surface area contributed by atoms with Crippen LogP contribution in [-0.2, 0) is 0 Å². The summed E-state index contributed by atoms with van der Waals surface area (Å²) in [6.07, 6.45) is 4.38. The summed E-state index contributed by atoms with van der Waals surface area (Å²) in [6, 6.07) is 0. The molecule has 0 aromatic carbocycles. The van der Waals surface area contributed by atoms with Crippen LogP contribution in [0.4, 0.5) is 0 Å². The van der Waals surface area contributed by atoms with E-state index < -0.39 is 0 Å². The normalized spacial score (nSPS) is 31.0. The van der Waals surface area contributed by atoms with Gasteiger partial charge in [0.2, 0.25) is 0 Å². The van der Waals surface area contributed by atoms with Gasteiger partial charge in [-0.15, -0.1) is 0 Å². The van der Waals surface area contributed by atoms with Crippen molar-refractivity contribution in [2.24, 2.45) is 11.3 Å². The van der Waals surface area contributed by atoms with Gasteiger partial charge in [0, 0.05) is 5.25 Å². The Labute approximate surface area is 81.5 Å². The highest BCUT2D eigenvalue weighted by atomic mass is 32.2. The molecule has 1 rings (SSSR count). The van der Waals surface area contributed by atoms with Crippen LogP contribution in [0, 0.1) is 11.3 Å². The molecule has 0 heterocycles. The molecule has 0 nitrogen and oxygen atoms in total. The predicted molar refractivity (Wildman–Crippen MR) is 58.7 cm³/mol. The van der Waals surface area contributed by atoms with Crippen LogP contribution in [0.5, 0.6) is 0 Å². The van der Waals surface area contributed by atoms with Crippen LogP contribution in [0.25, 0.3) is 0 Å². The minimum Gasteiger partial charge on any atom is -0.158 e. The van der Waals surface area contributed by atoms with Crippen LogP contribution >= 0.6 is 11.8 Å². The lowest BCUT2D eigenvalue weighted by molar-refractivity contribution is 0.478. The molecule has 1 fully saturated rings. The summed E-state index contributed by atoms with van der Waals surface area (Å²) in [5, 5.41) is 0.962. The van der Waals surface area contributed by atoms with E-state index in [-0.39, 0.29) is 0 Å². The molecular formula is C11H22S. The Bertz CT molecular complexity index is 134. The van der Waals surface area contributed by atoms with Gasteiger partial charge in [0.15, 0.2) is 0 Å². The summed E-state index contributed by atoms with van der Waals surface area (Å²) >= 11 is 2.20. The second-order valence-corrected chi connectivity index (χ2v) is 6.55. The van der Waals surface area contributed by atoms with E-state index in [9.17, 15) is 0 Å². The van der Waals surface area contributed by atoms with Gasteiger partial charge in [0.1, 0.15) is 0 Å². The number of thioether (sulfide) groups is 1. The fourth-order valence-electron chi connectivity index (χ4n) is 1.72. The van der Waals surface area contributed by atoms with Crippen molar-refractivity contribution in [1.29, 1.82) is 0 Å². The molecule has 0 spiro atoms. The van der Waals surface area contributed by atoms with Crippen molar-refractivity contribution in [3.8, 4) is 0 Å². The monoisotopic (exact) mass is 186 g/mol. The second kappa shape index (κ2) is 4.04. The number of rotatable bonds is 2. The smallest absolute Gasteiger partial charge is 0.00728 e. The SMILES string of the molecule is CC1CCCC1SCC(C)(C)C. The lowest BCUT2D eigenvalue weighted by atomic mass is 10.0. The summed E-state index contributed by atoms with van der Waals surface area (Å²) in [7, 11) is 0. The molecule has 0 N–H and O–H groups in total. The Balaban J connectivity index is 2.23. The van der Waals surface area contributed by atoms with E-state index in [1.165, 1.54) is 25.0 Å². The minimum absolute atomic E-state index is 0.507. The third-order valence-corrected chi connectivity index (χ3v) is 4.67. The molecule has 1 aliphatic carbocycles. The molecule has 0 saturated heterocycles. The van der Waals surface area contributed by atoms with E-state index in [2.05, 4.69) is 39.5 Å². The maximum Gasteiger partial charge on any atom is 0.00728 e. The van der Waals surface area contributed by atoms with E-state index in [0.29, 0.717) is 5.41 Å². The van der Waals surface area contributed by atoms with Gasteiger partial charge in [-0.2, -0.15) is 11.8 Å². The Kier molecular flexibility index (Phi) is 3.51. The van der Waals surface area contributed by atoms with Crippen molar-refractivity contribution in [2.45, 2.75) is 52.2 Å². The summed E-state index contributed by atoms with van der Waals surface area (Å²) < 4.78 is 0. The summed E-state index contributed by atoms with van der Waals surface area (Å²) in [5.74, 6) is 2.29. The molecule has 0 aromatic rings. The zero-order chi connectivity index (χ0) is 9.19. The fraction of sp³-hybridized carbons (Fsp3) is 1.00. The highest BCUT2D eigenvalue weighted by Crippen LogP contribution is 2.37.